The standard InChI is InChI=1S/C7H13F2NO/c8-7(9)11-6-2-1-4-10-5-3-6/h6-7,10H,1-5H2/t6-/m0/s1. The number of hydrogen-bond donors (Lipinski definition) is 1. The molecule has 11 heavy (non-hydrogen) atoms. The van der Waals surface area contributed by atoms with Gasteiger partial charge in [0.15, 0.2) is 0 Å². The van der Waals surface area contributed by atoms with E-state index in [2.05, 4.69) is 10.1 Å². The number of ether oxygens (including phenoxy) is 1. The zero-order chi connectivity index (χ0) is 8.10. The lowest BCUT2D eigenvalue weighted by atomic mass is 10.2. The molecule has 0 radical (unpaired) electrons. The summed E-state index contributed by atoms with van der Waals surface area (Å²) in [7, 11) is 0. The Hall–Kier alpha value is -0.220. The fourth-order valence-electron chi connectivity index (χ4n) is 1.27. The summed E-state index contributed by atoms with van der Waals surface area (Å²) in [4.78, 5) is 0. The summed E-state index contributed by atoms with van der Waals surface area (Å²) in [6.07, 6.45) is 2.13. The van der Waals surface area contributed by atoms with Gasteiger partial charge in [-0.15, -0.1) is 0 Å². The van der Waals surface area contributed by atoms with Crippen molar-refractivity contribution in [2.75, 3.05) is 13.1 Å². The van der Waals surface area contributed by atoms with Crippen LogP contribution >= 0.6 is 0 Å². The van der Waals surface area contributed by atoms with Gasteiger partial charge in [-0.05, 0) is 32.4 Å². The third-order valence-electron chi connectivity index (χ3n) is 1.82. The van der Waals surface area contributed by atoms with E-state index in [4.69, 9.17) is 0 Å². The molecule has 0 aromatic carbocycles. The van der Waals surface area contributed by atoms with E-state index in [1.807, 2.05) is 0 Å². The maximum absolute atomic E-state index is 11.7. The molecule has 66 valence electrons. The predicted octanol–water partition coefficient (Wildman–Crippen LogP) is 1.37. The van der Waals surface area contributed by atoms with Crippen molar-refractivity contribution in [2.24, 2.45) is 0 Å². The smallest absolute Gasteiger partial charge is 0.320 e. The molecule has 1 aliphatic heterocycles. The molecular weight excluding hydrogens is 152 g/mol. The molecule has 0 aromatic heterocycles. The van der Waals surface area contributed by atoms with Crippen LogP contribution < -0.4 is 5.32 Å². The molecule has 1 heterocycles. The molecule has 1 N–H and O–H groups in total. The number of nitrogens with one attached hydrogen (secondary N) is 1. The Balaban J connectivity index is 2.20. The molecule has 1 atom stereocenters. The fraction of sp³-hybridized carbons (Fsp3) is 1.00. The largest absolute Gasteiger partial charge is 0.345 e. The van der Waals surface area contributed by atoms with Crippen LogP contribution in [0.1, 0.15) is 19.3 Å². The molecule has 4 heteroatoms. The average Bonchev–Trinajstić information content (AvgIpc) is 2.14. The molecule has 0 aromatic rings. The van der Waals surface area contributed by atoms with Crippen molar-refractivity contribution < 1.29 is 13.5 Å². The lowest BCUT2D eigenvalue weighted by Crippen LogP contribution is -2.19. The summed E-state index contributed by atoms with van der Waals surface area (Å²) in [6.45, 7) is -0.904. The first kappa shape index (κ1) is 8.87. The topological polar surface area (TPSA) is 21.3 Å². The van der Waals surface area contributed by atoms with Crippen molar-refractivity contribution in [1.82, 2.24) is 5.32 Å². The molecule has 0 spiro atoms. The Kier molecular flexibility index (Phi) is 3.72. The molecule has 1 rings (SSSR count). The van der Waals surface area contributed by atoms with Gasteiger partial charge in [0.1, 0.15) is 0 Å². The first-order chi connectivity index (χ1) is 5.29. The maximum Gasteiger partial charge on any atom is 0.345 e. The van der Waals surface area contributed by atoms with Gasteiger partial charge < -0.3 is 10.1 Å². The summed E-state index contributed by atoms with van der Waals surface area (Å²) < 4.78 is 27.8. The highest BCUT2D eigenvalue weighted by Crippen LogP contribution is 2.12. The van der Waals surface area contributed by atoms with Crippen LogP contribution in [0.3, 0.4) is 0 Å². The summed E-state index contributed by atoms with van der Waals surface area (Å²) in [5.41, 5.74) is 0. The van der Waals surface area contributed by atoms with Crippen molar-refractivity contribution in [3.05, 3.63) is 0 Å². The summed E-state index contributed by atoms with van der Waals surface area (Å²) in [6, 6.07) is 0. The van der Waals surface area contributed by atoms with Crippen LogP contribution in [0.5, 0.6) is 0 Å². The van der Waals surface area contributed by atoms with Gasteiger partial charge in [0.25, 0.3) is 0 Å². The molecule has 1 aliphatic rings. The molecule has 1 saturated heterocycles. The van der Waals surface area contributed by atoms with Crippen LogP contribution in [-0.2, 0) is 4.74 Å². The van der Waals surface area contributed by atoms with E-state index in [1.54, 1.807) is 0 Å². The zero-order valence-corrected chi connectivity index (χ0v) is 6.35. The number of halogens is 2. The first-order valence-electron chi connectivity index (χ1n) is 3.93. The molecule has 0 unspecified atom stereocenters. The monoisotopic (exact) mass is 165 g/mol. The predicted molar refractivity (Wildman–Crippen MR) is 37.6 cm³/mol. The Morgan fingerprint density at radius 2 is 2.09 bits per heavy atom. The summed E-state index contributed by atoms with van der Waals surface area (Å²) >= 11 is 0. The number of hydrogen-bond acceptors (Lipinski definition) is 2. The zero-order valence-electron chi connectivity index (χ0n) is 6.35. The van der Waals surface area contributed by atoms with Crippen molar-refractivity contribution >= 4 is 0 Å². The van der Waals surface area contributed by atoms with Gasteiger partial charge in [-0.3, -0.25) is 0 Å². The highest BCUT2D eigenvalue weighted by atomic mass is 19.3. The van der Waals surface area contributed by atoms with Crippen molar-refractivity contribution in [3.8, 4) is 0 Å². The molecule has 1 fully saturated rings. The minimum atomic E-state index is -2.61. The molecule has 2 nitrogen and oxygen atoms in total. The van der Waals surface area contributed by atoms with Crippen molar-refractivity contribution in [2.45, 2.75) is 32.0 Å². The fourth-order valence-corrected chi connectivity index (χ4v) is 1.27. The highest BCUT2D eigenvalue weighted by Gasteiger charge is 2.16. The van der Waals surface area contributed by atoms with Gasteiger partial charge in [-0.25, -0.2) is 0 Å². The van der Waals surface area contributed by atoms with E-state index in [0.29, 0.717) is 6.42 Å². The molecular formula is C7H13F2NO. The highest BCUT2D eigenvalue weighted by molar-refractivity contribution is 4.65. The maximum atomic E-state index is 11.7. The Bertz CT molecular complexity index is 103. The third-order valence-corrected chi connectivity index (χ3v) is 1.82. The van der Waals surface area contributed by atoms with Crippen LogP contribution in [0.4, 0.5) is 8.78 Å². The van der Waals surface area contributed by atoms with E-state index < -0.39 is 6.61 Å². The van der Waals surface area contributed by atoms with Gasteiger partial charge in [-0.1, -0.05) is 0 Å². The average molecular weight is 165 g/mol. The molecule has 0 saturated carbocycles. The second-order valence-electron chi connectivity index (χ2n) is 2.70. The van der Waals surface area contributed by atoms with E-state index in [9.17, 15) is 8.78 Å². The van der Waals surface area contributed by atoms with Crippen LogP contribution in [0.2, 0.25) is 0 Å². The normalized spacial score (nSPS) is 27.0. The van der Waals surface area contributed by atoms with Crippen molar-refractivity contribution in [1.29, 1.82) is 0 Å². The SMILES string of the molecule is FC(F)O[C@H]1CCCNCC1. The molecule has 0 aliphatic carbocycles. The quantitative estimate of drug-likeness (QED) is 0.667. The number of alkyl halides is 2. The third kappa shape index (κ3) is 3.62. The van der Waals surface area contributed by atoms with Gasteiger partial charge in [0.2, 0.25) is 0 Å². The van der Waals surface area contributed by atoms with Crippen LogP contribution in [0, 0.1) is 0 Å². The van der Waals surface area contributed by atoms with Gasteiger partial charge in [0.05, 0.1) is 6.10 Å². The first-order valence-corrected chi connectivity index (χ1v) is 3.93. The minimum Gasteiger partial charge on any atom is -0.320 e. The van der Waals surface area contributed by atoms with E-state index in [-0.39, 0.29) is 6.10 Å². The minimum absolute atomic E-state index is 0.245. The van der Waals surface area contributed by atoms with E-state index in [1.165, 1.54) is 0 Å². The van der Waals surface area contributed by atoms with Crippen molar-refractivity contribution in [3.63, 3.8) is 0 Å². The van der Waals surface area contributed by atoms with Crippen LogP contribution in [0.25, 0.3) is 0 Å². The van der Waals surface area contributed by atoms with Gasteiger partial charge >= 0.3 is 6.61 Å². The van der Waals surface area contributed by atoms with Crippen LogP contribution in [-0.4, -0.2) is 25.8 Å². The van der Waals surface area contributed by atoms with E-state index >= 15 is 0 Å². The second-order valence-corrected chi connectivity index (χ2v) is 2.70. The van der Waals surface area contributed by atoms with Crippen LogP contribution in [0.15, 0.2) is 0 Å². The molecule has 0 amide bonds. The summed E-state index contributed by atoms with van der Waals surface area (Å²) in [5, 5.41) is 3.13. The Morgan fingerprint density at radius 1 is 1.27 bits per heavy atom. The summed E-state index contributed by atoms with van der Waals surface area (Å²) in [5.74, 6) is 0. The Morgan fingerprint density at radius 3 is 2.82 bits per heavy atom. The number of rotatable bonds is 2. The molecule has 0 bridgehead atoms. The lowest BCUT2D eigenvalue weighted by Gasteiger charge is -2.13. The lowest BCUT2D eigenvalue weighted by molar-refractivity contribution is -0.164. The van der Waals surface area contributed by atoms with E-state index in [0.717, 1.165) is 25.9 Å². The Labute approximate surface area is 64.9 Å². The second kappa shape index (κ2) is 4.62. The van der Waals surface area contributed by atoms with Gasteiger partial charge in [0, 0.05) is 0 Å². The van der Waals surface area contributed by atoms with Gasteiger partial charge in [-0.2, -0.15) is 8.78 Å².